The molecular weight excluding hydrogens is 302 g/mol. The minimum atomic E-state index is -0.873. The molecule has 2 rings (SSSR count). The van der Waals surface area contributed by atoms with Crippen LogP contribution in [0.1, 0.15) is 28.0 Å². The molecule has 18 heavy (non-hydrogen) atoms. The van der Waals surface area contributed by atoms with Crippen LogP contribution in [0.5, 0.6) is 0 Å². The smallest absolute Gasteiger partial charge is 0.287 e. The van der Waals surface area contributed by atoms with Crippen molar-refractivity contribution in [2.45, 2.75) is 13.0 Å². The standard InChI is InChI=1S/C12H12BrNO4/c1-7-5-10(13)18-11(7)12(16)14-6-8(15)9-3-2-4-17-9/h2-5,8,15H,6H2,1H3,(H,14,16). The van der Waals surface area contributed by atoms with Gasteiger partial charge >= 0.3 is 0 Å². The summed E-state index contributed by atoms with van der Waals surface area (Å²) in [5.74, 6) is 0.268. The van der Waals surface area contributed by atoms with E-state index in [2.05, 4.69) is 21.2 Å². The number of aliphatic hydroxyl groups is 1. The van der Waals surface area contributed by atoms with Crippen molar-refractivity contribution in [2.24, 2.45) is 0 Å². The molecule has 0 aliphatic carbocycles. The van der Waals surface area contributed by atoms with Gasteiger partial charge in [-0.05, 0) is 41.1 Å². The summed E-state index contributed by atoms with van der Waals surface area (Å²) in [6.07, 6.45) is 0.594. The Hall–Kier alpha value is -1.53. The average Bonchev–Trinajstić information content (AvgIpc) is 2.95. The van der Waals surface area contributed by atoms with Crippen LogP contribution in [0.15, 0.2) is 38.0 Å². The fraction of sp³-hybridized carbons (Fsp3) is 0.250. The minimum Gasteiger partial charge on any atom is -0.467 e. The first-order chi connectivity index (χ1) is 8.58. The zero-order valence-corrected chi connectivity index (χ0v) is 11.2. The maximum Gasteiger partial charge on any atom is 0.287 e. The molecule has 1 atom stereocenters. The van der Waals surface area contributed by atoms with Crippen molar-refractivity contribution in [3.8, 4) is 0 Å². The highest BCUT2D eigenvalue weighted by molar-refractivity contribution is 9.10. The third kappa shape index (κ3) is 2.83. The van der Waals surface area contributed by atoms with E-state index in [1.165, 1.54) is 6.26 Å². The van der Waals surface area contributed by atoms with Gasteiger partial charge in [-0.3, -0.25) is 4.79 Å². The molecule has 0 aliphatic rings. The van der Waals surface area contributed by atoms with E-state index in [9.17, 15) is 9.90 Å². The van der Waals surface area contributed by atoms with Gasteiger partial charge in [-0.25, -0.2) is 0 Å². The number of hydrogen-bond donors (Lipinski definition) is 2. The van der Waals surface area contributed by atoms with Gasteiger partial charge in [0, 0.05) is 5.56 Å². The lowest BCUT2D eigenvalue weighted by molar-refractivity contribution is 0.0872. The number of halogens is 1. The van der Waals surface area contributed by atoms with E-state index in [0.717, 1.165) is 5.56 Å². The fourth-order valence-electron chi connectivity index (χ4n) is 1.52. The van der Waals surface area contributed by atoms with Crippen LogP contribution in [-0.2, 0) is 0 Å². The highest BCUT2D eigenvalue weighted by Gasteiger charge is 2.17. The van der Waals surface area contributed by atoms with E-state index < -0.39 is 6.10 Å². The Bertz CT molecular complexity index is 532. The zero-order chi connectivity index (χ0) is 13.1. The summed E-state index contributed by atoms with van der Waals surface area (Å²) in [6.45, 7) is 1.83. The van der Waals surface area contributed by atoms with Crippen molar-refractivity contribution in [1.29, 1.82) is 0 Å². The summed E-state index contributed by atoms with van der Waals surface area (Å²) in [6, 6.07) is 5.03. The highest BCUT2D eigenvalue weighted by atomic mass is 79.9. The van der Waals surface area contributed by atoms with Gasteiger partial charge in [0.25, 0.3) is 5.91 Å². The number of carbonyl (C=O) groups is 1. The molecule has 0 radical (unpaired) electrons. The third-order valence-corrected chi connectivity index (χ3v) is 2.81. The topological polar surface area (TPSA) is 75.6 Å². The normalized spacial score (nSPS) is 12.4. The molecule has 96 valence electrons. The predicted octanol–water partition coefficient (Wildman–Crippen LogP) is 2.41. The first-order valence-corrected chi connectivity index (χ1v) is 6.13. The Labute approximate surface area is 112 Å². The van der Waals surface area contributed by atoms with E-state index in [1.807, 2.05) is 0 Å². The first kappa shape index (κ1) is 12.9. The van der Waals surface area contributed by atoms with E-state index in [4.69, 9.17) is 8.83 Å². The number of rotatable bonds is 4. The van der Waals surface area contributed by atoms with E-state index in [-0.39, 0.29) is 18.2 Å². The largest absolute Gasteiger partial charge is 0.467 e. The molecule has 2 aromatic rings. The van der Waals surface area contributed by atoms with Crippen LogP contribution in [0.25, 0.3) is 0 Å². The molecule has 0 bridgehead atoms. The Morgan fingerprint density at radius 2 is 2.39 bits per heavy atom. The molecule has 2 heterocycles. The minimum absolute atomic E-state index is 0.0596. The Balaban J connectivity index is 1.94. The third-order valence-electron chi connectivity index (χ3n) is 2.42. The van der Waals surface area contributed by atoms with Crippen molar-refractivity contribution in [3.05, 3.63) is 46.2 Å². The number of aliphatic hydroxyl groups excluding tert-OH is 1. The number of nitrogens with one attached hydrogen (secondary N) is 1. The lowest BCUT2D eigenvalue weighted by Gasteiger charge is -2.08. The molecule has 1 amide bonds. The molecule has 0 spiro atoms. The van der Waals surface area contributed by atoms with Gasteiger partial charge in [-0.2, -0.15) is 0 Å². The Morgan fingerprint density at radius 1 is 1.61 bits per heavy atom. The van der Waals surface area contributed by atoms with Crippen molar-refractivity contribution in [3.63, 3.8) is 0 Å². The van der Waals surface area contributed by atoms with Crippen LogP contribution in [0, 0.1) is 6.92 Å². The van der Waals surface area contributed by atoms with Crippen LogP contribution in [0.4, 0.5) is 0 Å². The summed E-state index contributed by atoms with van der Waals surface area (Å²) in [5, 5.41) is 12.3. The van der Waals surface area contributed by atoms with Gasteiger partial charge in [-0.15, -0.1) is 0 Å². The number of hydrogen-bond acceptors (Lipinski definition) is 4. The molecule has 5 nitrogen and oxygen atoms in total. The molecule has 0 saturated carbocycles. The molecule has 0 fully saturated rings. The number of carbonyl (C=O) groups excluding carboxylic acids is 1. The second-order valence-electron chi connectivity index (χ2n) is 3.80. The maximum atomic E-state index is 11.8. The van der Waals surface area contributed by atoms with Crippen molar-refractivity contribution in [2.75, 3.05) is 6.54 Å². The molecule has 0 aromatic carbocycles. The van der Waals surface area contributed by atoms with Crippen LogP contribution < -0.4 is 5.32 Å². The molecule has 1 unspecified atom stereocenters. The van der Waals surface area contributed by atoms with E-state index in [0.29, 0.717) is 10.4 Å². The van der Waals surface area contributed by atoms with Crippen molar-refractivity contribution >= 4 is 21.8 Å². The number of furan rings is 2. The monoisotopic (exact) mass is 313 g/mol. The Kier molecular flexibility index (Phi) is 3.88. The quantitative estimate of drug-likeness (QED) is 0.909. The summed E-state index contributed by atoms with van der Waals surface area (Å²) < 4.78 is 10.7. The van der Waals surface area contributed by atoms with Gasteiger partial charge in [0.2, 0.25) is 0 Å². The van der Waals surface area contributed by atoms with Crippen molar-refractivity contribution < 1.29 is 18.7 Å². The van der Waals surface area contributed by atoms with E-state index in [1.54, 1.807) is 25.1 Å². The van der Waals surface area contributed by atoms with E-state index >= 15 is 0 Å². The molecule has 0 aliphatic heterocycles. The summed E-state index contributed by atoms with van der Waals surface area (Å²) >= 11 is 3.15. The molecule has 6 heteroatoms. The van der Waals surface area contributed by atoms with Gasteiger partial charge in [0.15, 0.2) is 10.4 Å². The van der Waals surface area contributed by atoms with Gasteiger partial charge in [-0.1, -0.05) is 0 Å². The lowest BCUT2D eigenvalue weighted by atomic mass is 10.2. The second-order valence-corrected chi connectivity index (χ2v) is 4.59. The predicted molar refractivity (Wildman–Crippen MR) is 67.1 cm³/mol. The second kappa shape index (κ2) is 5.41. The Morgan fingerprint density at radius 3 is 2.94 bits per heavy atom. The molecule has 2 N–H and O–H groups in total. The van der Waals surface area contributed by atoms with Crippen LogP contribution in [-0.4, -0.2) is 17.6 Å². The summed E-state index contributed by atoms with van der Waals surface area (Å²) in [5.41, 5.74) is 0.729. The lowest BCUT2D eigenvalue weighted by Crippen LogP contribution is -2.28. The average molecular weight is 314 g/mol. The molecule has 0 saturated heterocycles. The van der Waals surface area contributed by atoms with Crippen molar-refractivity contribution in [1.82, 2.24) is 5.32 Å². The van der Waals surface area contributed by atoms with Gasteiger partial charge in [0.1, 0.15) is 11.9 Å². The van der Waals surface area contributed by atoms with Gasteiger partial charge in [0.05, 0.1) is 12.8 Å². The summed E-state index contributed by atoms with van der Waals surface area (Å²) in [7, 11) is 0. The summed E-state index contributed by atoms with van der Waals surface area (Å²) in [4.78, 5) is 11.8. The van der Waals surface area contributed by atoms with Crippen LogP contribution >= 0.6 is 15.9 Å². The van der Waals surface area contributed by atoms with Crippen LogP contribution in [0.2, 0.25) is 0 Å². The number of amides is 1. The first-order valence-electron chi connectivity index (χ1n) is 5.33. The highest BCUT2D eigenvalue weighted by Crippen LogP contribution is 2.19. The zero-order valence-electron chi connectivity index (χ0n) is 9.64. The maximum absolute atomic E-state index is 11.8. The fourth-order valence-corrected chi connectivity index (χ4v) is 2.03. The number of aryl methyl sites for hydroxylation is 1. The van der Waals surface area contributed by atoms with Crippen LogP contribution in [0.3, 0.4) is 0 Å². The van der Waals surface area contributed by atoms with Gasteiger partial charge < -0.3 is 19.3 Å². The SMILES string of the molecule is Cc1cc(Br)oc1C(=O)NCC(O)c1ccco1. The molecule has 2 aromatic heterocycles. The molecular formula is C12H12BrNO4.